The largest absolute Gasteiger partial charge is 0.364 e. The zero-order chi connectivity index (χ0) is 28.4. The van der Waals surface area contributed by atoms with Crippen molar-refractivity contribution in [1.82, 2.24) is 15.3 Å². The van der Waals surface area contributed by atoms with Crippen LogP contribution in [0.5, 0.6) is 0 Å². The first kappa shape index (κ1) is 26.8. The topological polar surface area (TPSA) is 122 Å². The summed E-state index contributed by atoms with van der Waals surface area (Å²) in [7, 11) is 0. The highest BCUT2D eigenvalue weighted by atomic mass is 32.2. The number of halogens is 1. The molecule has 4 atom stereocenters. The van der Waals surface area contributed by atoms with Crippen LogP contribution in [0.4, 0.5) is 10.1 Å². The van der Waals surface area contributed by atoms with E-state index in [0.717, 1.165) is 52.8 Å². The number of nitrogens with one attached hydrogen (secondary N) is 1. The lowest BCUT2D eigenvalue weighted by Crippen LogP contribution is -2.46. The lowest BCUT2D eigenvalue weighted by atomic mass is 9.76. The van der Waals surface area contributed by atoms with Crippen molar-refractivity contribution >= 4 is 34.7 Å². The molecule has 3 saturated carbocycles. The van der Waals surface area contributed by atoms with Gasteiger partial charge in [0.2, 0.25) is 11.0 Å². The Morgan fingerprint density at radius 2 is 1.90 bits per heavy atom. The van der Waals surface area contributed by atoms with Gasteiger partial charge in [0.15, 0.2) is 0 Å². The lowest BCUT2D eigenvalue weighted by molar-refractivity contribution is -0.127. The van der Waals surface area contributed by atoms with E-state index in [0.29, 0.717) is 47.5 Å². The smallest absolute Gasteiger partial charge is 0.231 e. The minimum Gasteiger partial charge on any atom is -0.364 e. The fourth-order valence-electron chi connectivity index (χ4n) is 6.36. The molecule has 0 radical (unpaired) electrons. The molecule has 4 aliphatic rings. The molecule has 1 amide bonds. The number of fused-ring (bicyclic) bond motifs is 1. The fourth-order valence-corrected chi connectivity index (χ4v) is 8.37. The number of carbonyl (C=O) groups is 1. The van der Waals surface area contributed by atoms with Gasteiger partial charge in [0.25, 0.3) is 0 Å². The molecule has 1 aromatic carbocycles. The number of rotatable bonds is 6. The zero-order valence-corrected chi connectivity index (χ0v) is 23.9. The van der Waals surface area contributed by atoms with E-state index in [9.17, 15) is 24.7 Å². The number of β-amino-alcohol motifs (C(OH)–C–C–N with tert-alkyl or cyclic N) is 2. The van der Waals surface area contributed by atoms with E-state index in [4.69, 9.17) is 4.98 Å². The summed E-state index contributed by atoms with van der Waals surface area (Å²) < 4.78 is 14.1. The van der Waals surface area contributed by atoms with E-state index in [1.807, 2.05) is 29.2 Å². The summed E-state index contributed by atoms with van der Waals surface area (Å²) in [5, 5.41) is 31.8. The van der Waals surface area contributed by atoms with Crippen molar-refractivity contribution in [2.75, 3.05) is 23.7 Å². The Bertz CT molecular complexity index is 1530. The van der Waals surface area contributed by atoms with E-state index in [1.165, 1.54) is 23.6 Å². The quantitative estimate of drug-likeness (QED) is 0.358. The molecule has 2 aromatic heterocycles. The Kier molecular flexibility index (Phi) is 6.58. The Hall–Kier alpha value is -3.04. The molecule has 4 fully saturated rings. The minimum atomic E-state index is -1.78. The molecule has 0 spiro atoms. The molecule has 1 aliphatic heterocycles. The Morgan fingerprint density at radius 3 is 2.61 bits per heavy atom. The Balaban J connectivity index is 1.26. The lowest BCUT2D eigenvalue weighted by Gasteiger charge is -2.36. The average Bonchev–Trinajstić information content (AvgIpc) is 3.87. The van der Waals surface area contributed by atoms with E-state index in [-0.39, 0.29) is 24.3 Å². The summed E-state index contributed by atoms with van der Waals surface area (Å²) in [6, 6.07) is 11.7. The van der Waals surface area contributed by atoms with Crippen molar-refractivity contribution in [2.45, 2.75) is 48.7 Å². The number of thioether (sulfide) groups is 1. The third-order valence-electron chi connectivity index (χ3n) is 8.87. The van der Waals surface area contributed by atoms with Gasteiger partial charge in [-0.2, -0.15) is 5.26 Å². The molecule has 3 heterocycles. The molecule has 8 nitrogen and oxygen atoms in total. The van der Waals surface area contributed by atoms with Crippen molar-refractivity contribution in [3.05, 3.63) is 54.2 Å². The number of aromatic nitrogens is 2. The number of hydrogen-bond acceptors (Lipinski definition) is 9. The van der Waals surface area contributed by atoms with Gasteiger partial charge >= 0.3 is 0 Å². The standard InChI is InChI=1S/C30H30FN5O3S2/c31-21-10-20(13-33-14-21)28-34-25(23-11-18-9-19(18)12-24(23)27(37)35-29(15-32)5-6-29)26(41-28)17-1-3-22(4-2-17)36-7-8-40-30(38,39)16-36/h1-4,10,13-14,18-19,23-24,38-39H,5-9,11-12,16H2,(H,35,37)/t18?,19?,23-,24-/m1/s1. The van der Waals surface area contributed by atoms with Crippen molar-refractivity contribution < 1.29 is 19.4 Å². The highest BCUT2D eigenvalue weighted by molar-refractivity contribution is 8.00. The third-order valence-corrected chi connectivity index (χ3v) is 11.0. The van der Waals surface area contributed by atoms with Gasteiger partial charge < -0.3 is 20.4 Å². The molecular weight excluding hydrogens is 561 g/mol. The maximum absolute atomic E-state index is 14.1. The van der Waals surface area contributed by atoms with Crippen LogP contribution in [0.25, 0.3) is 21.0 Å². The fraction of sp³-hybridized carbons (Fsp3) is 0.467. The van der Waals surface area contributed by atoms with E-state index in [2.05, 4.69) is 16.4 Å². The van der Waals surface area contributed by atoms with Crippen LogP contribution in [0.2, 0.25) is 0 Å². The highest BCUT2D eigenvalue weighted by Crippen LogP contribution is 2.58. The monoisotopic (exact) mass is 591 g/mol. The summed E-state index contributed by atoms with van der Waals surface area (Å²) in [6.07, 6.45) is 6.91. The molecule has 212 valence electrons. The maximum Gasteiger partial charge on any atom is 0.231 e. The first-order chi connectivity index (χ1) is 19.7. The number of thiazole rings is 1. The highest BCUT2D eigenvalue weighted by Gasteiger charge is 2.53. The first-order valence-electron chi connectivity index (χ1n) is 14.0. The second kappa shape index (κ2) is 10.1. The van der Waals surface area contributed by atoms with Gasteiger partial charge in [-0.1, -0.05) is 23.9 Å². The van der Waals surface area contributed by atoms with Crippen molar-refractivity contribution in [3.8, 4) is 27.1 Å². The molecular formula is C30H30FN5O3S2. The van der Waals surface area contributed by atoms with E-state index < -0.39 is 16.5 Å². The van der Waals surface area contributed by atoms with E-state index >= 15 is 0 Å². The average molecular weight is 592 g/mol. The number of aliphatic hydroxyl groups is 2. The number of pyridine rings is 1. The predicted octanol–water partition coefficient (Wildman–Crippen LogP) is 4.50. The van der Waals surface area contributed by atoms with Crippen molar-refractivity contribution in [1.29, 1.82) is 5.26 Å². The number of hydrogen-bond donors (Lipinski definition) is 3. The van der Waals surface area contributed by atoms with Crippen LogP contribution in [0.3, 0.4) is 0 Å². The molecule has 2 unspecified atom stereocenters. The molecule has 3 N–H and O–H groups in total. The van der Waals surface area contributed by atoms with Crippen LogP contribution in [0.1, 0.15) is 43.7 Å². The summed E-state index contributed by atoms with van der Waals surface area (Å²) in [5.74, 6) is 0.826. The van der Waals surface area contributed by atoms with Crippen LogP contribution < -0.4 is 10.2 Å². The second-order valence-electron chi connectivity index (χ2n) is 11.8. The SMILES string of the molecule is N#CC1(NC(=O)[C@@H]2CC3CC3C[C@H]2c2nc(-c3cncc(F)c3)sc2-c2ccc(N3CCSC(O)(O)C3)cc2)CC1. The molecule has 3 aromatic rings. The maximum atomic E-state index is 14.1. The van der Waals surface area contributed by atoms with Crippen LogP contribution >= 0.6 is 23.1 Å². The normalized spacial score (nSPS) is 27.4. The predicted molar refractivity (Wildman–Crippen MR) is 155 cm³/mol. The summed E-state index contributed by atoms with van der Waals surface area (Å²) >= 11 is 2.60. The first-order valence-corrected chi connectivity index (χ1v) is 15.8. The Labute approximate surface area is 245 Å². The van der Waals surface area contributed by atoms with Crippen LogP contribution in [-0.2, 0) is 4.79 Å². The van der Waals surface area contributed by atoms with E-state index in [1.54, 1.807) is 6.20 Å². The summed E-state index contributed by atoms with van der Waals surface area (Å²) in [6.45, 7) is 0.826. The van der Waals surface area contributed by atoms with Gasteiger partial charge in [0.05, 0.1) is 29.4 Å². The number of nitriles is 1. The molecule has 7 rings (SSSR count). The summed E-state index contributed by atoms with van der Waals surface area (Å²) in [4.78, 5) is 25.6. The van der Waals surface area contributed by atoms with Gasteiger partial charge in [-0.3, -0.25) is 9.78 Å². The second-order valence-corrected chi connectivity index (χ2v) is 14.2. The molecule has 41 heavy (non-hydrogen) atoms. The van der Waals surface area contributed by atoms with Crippen molar-refractivity contribution in [2.24, 2.45) is 17.8 Å². The van der Waals surface area contributed by atoms with Gasteiger partial charge in [-0.25, -0.2) is 9.37 Å². The van der Waals surface area contributed by atoms with Gasteiger partial charge in [0, 0.05) is 41.6 Å². The summed E-state index contributed by atoms with van der Waals surface area (Å²) in [5.41, 5.74) is 2.54. The minimum absolute atomic E-state index is 0.0675. The van der Waals surface area contributed by atoms with Crippen LogP contribution in [0, 0.1) is 34.9 Å². The molecule has 0 bridgehead atoms. The third kappa shape index (κ3) is 5.34. The van der Waals surface area contributed by atoms with Gasteiger partial charge in [-0.05, 0) is 67.7 Å². The number of amides is 1. The van der Waals surface area contributed by atoms with Crippen LogP contribution in [0.15, 0.2) is 42.7 Å². The van der Waals surface area contributed by atoms with Crippen LogP contribution in [-0.4, -0.2) is 55.6 Å². The zero-order valence-electron chi connectivity index (χ0n) is 22.3. The Morgan fingerprint density at radius 1 is 1.12 bits per heavy atom. The molecule has 1 saturated heterocycles. The van der Waals surface area contributed by atoms with Gasteiger partial charge in [0.1, 0.15) is 16.4 Å². The van der Waals surface area contributed by atoms with Crippen molar-refractivity contribution in [3.63, 3.8) is 0 Å². The molecule has 3 aliphatic carbocycles. The molecule has 11 heteroatoms. The number of nitrogens with zero attached hydrogens (tertiary/aromatic N) is 4. The number of carbonyl (C=O) groups excluding carboxylic acids is 1. The number of benzene rings is 1. The van der Waals surface area contributed by atoms with Gasteiger partial charge in [-0.15, -0.1) is 11.3 Å². The number of anilines is 1.